The largest absolute Gasteiger partial charge is 0.468 e. The van der Waals surface area contributed by atoms with E-state index in [0.29, 0.717) is 17.9 Å². The Morgan fingerprint density at radius 1 is 1.48 bits per heavy atom. The van der Waals surface area contributed by atoms with E-state index in [1.54, 1.807) is 0 Å². The van der Waals surface area contributed by atoms with Gasteiger partial charge in [-0.2, -0.15) is 0 Å². The third-order valence-electron chi connectivity index (χ3n) is 4.35. The van der Waals surface area contributed by atoms with E-state index in [-0.39, 0.29) is 0 Å². The molecule has 0 bridgehead atoms. The summed E-state index contributed by atoms with van der Waals surface area (Å²) in [5.41, 5.74) is 1.28. The molecule has 21 heavy (non-hydrogen) atoms. The molecule has 4 nitrogen and oxygen atoms in total. The number of piperidine rings is 1. The van der Waals surface area contributed by atoms with E-state index in [9.17, 15) is 0 Å². The SMILES string of the molecule is COC1CN(Cc2occc2CNCC(C)C)CCC1C. The van der Waals surface area contributed by atoms with Crippen molar-refractivity contribution in [3.8, 4) is 0 Å². The van der Waals surface area contributed by atoms with Gasteiger partial charge in [-0.15, -0.1) is 0 Å². The van der Waals surface area contributed by atoms with Gasteiger partial charge in [0.15, 0.2) is 0 Å². The lowest BCUT2D eigenvalue weighted by Gasteiger charge is -2.35. The summed E-state index contributed by atoms with van der Waals surface area (Å²) in [5, 5.41) is 3.49. The van der Waals surface area contributed by atoms with Crippen LogP contribution in [0.25, 0.3) is 0 Å². The van der Waals surface area contributed by atoms with Gasteiger partial charge in [-0.05, 0) is 37.4 Å². The molecule has 0 amide bonds. The Kier molecular flexibility index (Phi) is 6.27. The van der Waals surface area contributed by atoms with Crippen LogP contribution in [0.2, 0.25) is 0 Å². The first-order valence-electron chi connectivity index (χ1n) is 8.11. The van der Waals surface area contributed by atoms with Gasteiger partial charge in [-0.3, -0.25) is 4.90 Å². The first kappa shape index (κ1) is 16.5. The molecule has 0 spiro atoms. The van der Waals surface area contributed by atoms with Gasteiger partial charge in [-0.25, -0.2) is 0 Å². The first-order chi connectivity index (χ1) is 10.1. The highest BCUT2D eigenvalue weighted by atomic mass is 16.5. The highest BCUT2D eigenvalue weighted by molar-refractivity contribution is 5.17. The highest BCUT2D eigenvalue weighted by Crippen LogP contribution is 2.22. The van der Waals surface area contributed by atoms with Crippen LogP contribution >= 0.6 is 0 Å². The predicted octanol–water partition coefficient (Wildman–Crippen LogP) is 2.88. The van der Waals surface area contributed by atoms with Crippen molar-refractivity contribution in [1.82, 2.24) is 10.2 Å². The van der Waals surface area contributed by atoms with Crippen LogP contribution in [0.1, 0.15) is 38.5 Å². The Labute approximate surface area is 128 Å². The molecular weight excluding hydrogens is 264 g/mol. The maximum Gasteiger partial charge on any atom is 0.122 e. The van der Waals surface area contributed by atoms with Crippen molar-refractivity contribution in [3.05, 3.63) is 23.7 Å². The summed E-state index contributed by atoms with van der Waals surface area (Å²) in [5.74, 6) is 2.41. The molecule has 2 rings (SSSR count). The number of nitrogens with one attached hydrogen (secondary N) is 1. The number of nitrogens with zero attached hydrogens (tertiary/aromatic N) is 1. The van der Waals surface area contributed by atoms with Gasteiger partial charge in [0.2, 0.25) is 0 Å². The predicted molar refractivity (Wildman–Crippen MR) is 85.1 cm³/mol. The van der Waals surface area contributed by atoms with E-state index in [1.807, 2.05) is 13.4 Å². The normalized spacial score (nSPS) is 23.9. The smallest absolute Gasteiger partial charge is 0.122 e. The zero-order valence-electron chi connectivity index (χ0n) is 13.9. The average molecular weight is 294 g/mol. The summed E-state index contributed by atoms with van der Waals surface area (Å²) >= 11 is 0. The quantitative estimate of drug-likeness (QED) is 0.839. The summed E-state index contributed by atoms with van der Waals surface area (Å²) in [6.07, 6.45) is 3.35. The lowest BCUT2D eigenvalue weighted by molar-refractivity contribution is -0.00927. The average Bonchev–Trinajstić information content (AvgIpc) is 2.88. The number of hydrogen-bond donors (Lipinski definition) is 1. The zero-order chi connectivity index (χ0) is 15.2. The fraction of sp³-hybridized carbons (Fsp3) is 0.765. The van der Waals surface area contributed by atoms with Crippen molar-refractivity contribution >= 4 is 0 Å². The van der Waals surface area contributed by atoms with Crippen LogP contribution in [0.15, 0.2) is 16.7 Å². The van der Waals surface area contributed by atoms with Crippen LogP contribution < -0.4 is 5.32 Å². The van der Waals surface area contributed by atoms with Crippen molar-refractivity contribution in [2.45, 2.75) is 46.4 Å². The van der Waals surface area contributed by atoms with E-state index in [1.165, 1.54) is 12.0 Å². The molecule has 120 valence electrons. The van der Waals surface area contributed by atoms with E-state index in [4.69, 9.17) is 9.15 Å². The molecule has 0 aromatic carbocycles. The summed E-state index contributed by atoms with van der Waals surface area (Å²) in [6, 6.07) is 2.09. The highest BCUT2D eigenvalue weighted by Gasteiger charge is 2.26. The summed E-state index contributed by atoms with van der Waals surface area (Å²) < 4.78 is 11.3. The van der Waals surface area contributed by atoms with Crippen LogP contribution in [0.3, 0.4) is 0 Å². The minimum atomic E-state index is 0.344. The minimum absolute atomic E-state index is 0.344. The maximum absolute atomic E-state index is 5.70. The Morgan fingerprint density at radius 3 is 3.00 bits per heavy atom. The molecule has 2 heterocycles. The summed E-state index contributed by atoms with van der Waals surface area (Å²) in [4.78, 5) is 2.44. The maximum atomic E-state index is 5.70. The van der Waals surface area contributed by atoms with Crippen molar-refractivity contribution in [2.75, 3.05) is 26.7 Å². The summed E-state index contributed by atoms with van der Waals surface area (Å²) in [6.45, 7) is 11.7. The monoisotopic (exact) mass is 294 g/mol. The molecule has 1 aromatic heterocycles. The van der Waals surface area contributed by atoms with E-state index >= 15 is 0 Å². The van der Waals surface area contributed by atoms with Gasteiger partial charge in [-0.1, -0.05) is 20.8 Å². The van der Waals surface area contributed by atoms with Crippen molar-refractivity contribution < 1.29 is 9.15 Å². The van der Waals surface area contributed by atoms with E-state index < -0.39 is 0 Å². The molecule has 1 N–H and O–H groups in total. The number of rotatable bonds is 7. The molecule has 1 fully saturated rings. The van der Waals surface area contributed by atoms with Gasteiger partial charge >= 0.3 is 0 Å². The second-order valence-corrected chi connectivity index (χ2v) is 6.67. The fourth-order valence-electron chi connectivity index (χ4n) is 2.91. The molecule has 0 radical (unpaired) electrons. The van der Waals surface area contributed by atoms with Crippen LogP contribution in [0.4, 0.5) is 0 Å². The van der Waals surface area contributed by atoms with Crippen LogP contribution in [-0.4, -0.2) is 37.7 Å². The van der Waals surface area contributed by atoms with E-state index in [0.717, 1.165) is 38.5 Å². The molecule has 0 saturated carbocycles. The molecule has 2 atom stereocenters. The first-order valence-corrected chi connectivity index (χ1v) is 8.11. The van der Waals surface area contributed by atoms with Gasteiger partial charge < -0.3 is 14.5 Å². The Balaban J connectivity index is 1.87. The third-order valence-corrected chi connectivity index (χ3v) is 4.35. The number of ether oxygens (including phenoxy) is 1. The molecule has 1 aliphatic rings. The van der Waals surface area contributed by atoms with Crippen molar-refractivity contribution in [1.29, 1.82) is 0 Å². The molecular formula is C17H30N2O2. The third kappa shape index (κ3) is 4.83. The molecule has 1 saturated heterocycles. The lowest BCUT2D eigenvalue weighted by atomic mass is 9.95. The molecule has 0 aliphatic carbocycles. The molecule has 2 unspecified atom stereocenters. The molecule has 1 aromatic rings. The summed E-state index contributed by atoms with van der Waals surface area (Å²) in [7, 11) is 1.82. The number of likely N-dealkylation sites (tertiary alicyclic amines) is 1. The minimum Gasteiger partial charge on any atom is -0.468 e. The van der Waals surface area contributed by atoms with Gasteiger partial charge in [0.1, 0.15) is 5.76 Å². The van der Waals surface area contributed by atoms with Gasteiger partial charge in [0, 0.05) is 25.8 Å². The van der Waals surface area contributed by atoms with Gasteiger partial charge in [0.25, 0.3) is 0 Å². The van der Waals surface area contributed by atoms with Crippen molar-refractivity contribution in [2.24, 2.45) is 11.8 Å². The van der Waals surface area contributed by atoms with Crippen LogP contribution in [-0.2, 0) is 17.8 Å². The van der Waals surface area contributed by atoms with Crippen molar-refractivity contribution in [3.63, 3.8) is 0 Å². The number of furan rings is 1. The second-order valence-electron chi connectivity index (χ2n) is 6.67. The zero-order valence-corrected chi connectivity index (χ0v) is 13.9. The van der Waals surface area contributed by atoms with Crippen LogP contribution in [0, 0.1) is 11.8 Å². The Bertz CT molecular complexity index is 417. The standard InChI is InChI=1S/C17H30N2O2/c1-13(2)9-18-10-15-6-8-21-17(15)12-19-7-5-14(3)16(11-19)20-4/h6,8,13-14,16,18H,5,7,9-12H2,1-4H3. The van der Waals surface area contributed by atoms with Crippen LogP contribution in [0.5, 0.6) is 0 Å². The van der Waals surface area contributed by atoms with E-state index in [2.05, 4.69) is 37.1 Å². The second kappa shape index (κ2) is 7.97. The molecule has 1 aliphatic heterocycles. The topological polar surface area (TPSA) is 37.6 Å². The Hall–Kier alpha value is -0.840. The molecule has 4 heteroatoms. The fourth-order valence-corrected chi connectivity index (χ4v) is 2.91. The van der Waals surface area contributed by atoms with Gasteiger partial charge in [0.05, 0.1) is 18.9 Å². The Morgan fingerprint density at radius 2 is 2.29 bits per heavy atom. The lowest BCUT2D eigenvalue weighted by Crippen LogP contribution is -2.43. The number of hydrogen-bond acceptors (Lipinski definition) is 4. The number of methoxy groups -OCH3 is 1.